The van der Waals surface area contributed by atoms with Crippen molar-refractivity contribution in [1.29, 1.82) is 5.26 Å². The average Bonchev–Trinajstić information content (AvgIpc) is 3.55. The molecule has 6 rings (SSSR count). The minimum Gasteiger partial charge on any atom is -0.451 e. The molecule has 2 unspecified atom stereocenters. The Morgan fingerprint density at radius 3 is 1.88 bits per heavy atom. The summed E-state index contributed by atoms with van der Waals surface area (Å²) in [5.74, 6) is -0.807. The zero-order valence-corrected chi connectivity index (χ0v) is 22.7. The van der Waals surface area contributed by atoms with E-state index in [4.69, 9.17) is 29.1 Å². The highest BCUT2D eigenvalue weighted by atomic mass is 16.8. The molecule has 4 aromatic rings. The molecule has 40 heavy (non-hydrogen) atoms. The number of nitriles is 1. The monoisotopic (exact) mass is 536 g/mol. The van der Waals surface area contributed by atoms with Gasteiger partial charge in [0, 0.05) is 5.56 Å². The summed E-state index contributed by atoms with van der Waals surface area (Å²) in [6, 6.07) is 32.6. The Bertz CT molecular complexity index is 1420. The molecule has 0 bridgehead atoms. The molecule has 3 aromatic carbocycles. The zero-order valence-electron chi connectivity index (χ0n) is 22.7. The molecule has 0 aliphatic carbocycles. The normalized spacial score (nSPS) is 25.4. The predicted molar refractivity (Wildman–Crippen MR) is 149 cm³/mol. The highest BCUT2D eigenvalue weighted by molar-refractivity contribution is 5.56. The number of hydrogen-bond acceptors (Lipinski definition) is 7. The van der Waals surface area contributed by atoms with E-state index in [1.165, 1.54) is 6.26 Å². The van der Waals surface area contributed by atoms with Crippen LogP contribution in [0.25, 0.3) is 0 Å². The van der Waals surface area contributed by atoms with Crippen molar-refractivity contribution in [2.24, 2.45) is 0 Å². The summed E-state index contributed by atoms with van der Waals surface area (Å²) in [7, 11) is 0. The standard InChI is InChI=1S/C33H32N2O5/c1-31(2)39-30-27(38-29(32(30,3)40-31)25-20-36-26(19-34)28(25)35)21-37-33(22-13-7-4-8-14-22,23-15-9-5-10-16-23)24-17-11-6-12-18-24/h4-18,20,27,29-30H,21,35H2,1-3H3/t27?,29?,30-,32+/m1/s1. The molecule has 0 spiro atoms. The maximum atomic E-state index is 9.42. The topological polar surface area (TPSA) is 99.9 Å². The molecule has 7 heteroatoms. The summed E-state index contributed by atoms with van der Waals surface area (Å²) in [5, 5.41) is 9.42. The molecule has 4 atom stereocenters. The summed E-state index contributed by atoms with van der Waals surface area (Å²) in [6.45, 7) is 5.91. The molecule has 2 fully saturated rings. The van der Waals surface area contributed by atoms with Gasteiger partial charge in [-0.2, -0.15) is 5.26 Å². The number of nitrogen functional groups attached to an aromatic ring is 1. The minimum absolute atomic E-state index is 0.0490. The number of rotatable bonds is 7. The van der Waals surface area contributed by atoms with Gasteiger partial charge in [0.05, 0.1) is 12.3 Å². The third kappa shape index (κ3) is 4.21. The van der Waals surface area contributed by atoms with Crippen LogP contribution in [-0.2, 0) is 24.5 Å². The van der Waals surface area contributed by atoms with E-state index >= 15 is 0 Å². The summed E-state index contributed by atoms with van der Waals surface area (Å²) in [6.07, 6.45) is -0.126. The minimum atomic E-state index is -0.917. The summed E-state index contributed by atoms with van der Waals surface area (Å²) < 4.78 is 32.0. The molecular weight excluding hydrogens is 504 g/mol. The lowest BCUT2D eigenvalue weighted by molar-refractivity contribution is -0.210. The van der Waals surface area contributed by atoms with E-state index in [0.29, 0.717) is 5.56 Å². The van der Waals surface area contributed by atoms with Gasteiger partial charge in [0.25, 0.3) is 0 Å². The van der Waals surface area contributed by atoms with Crippen LogP contribution in [0.1, 0.15) is 54.9 Å². The van der Waals surface area contributed by atoms with Gasteiger partial charge in [0.1, 0.15) is 41.8 Å². The number of benzene rings is 3. The number of furan rings is 1. The van der Waals surface area contributed by atoms with Gasteiger partial charge in [0.15, 0.2) is 5.79 Å². The highest BCUT2D eigenvalue weighted by Gasteiger charge is 2.64. The molecule has 2 aliphatic heterocycles. The lowest BCUT2D eigenvalue weighted by Gasteiger charge is -2.37. The van der Waals surface area contributed by atoms with Crippen molar-refractivity contribution < 1.29 is 23.4 Å². The average molecular weight is 537 g/mol. The van der Waals surface area contributed by atoms with Gasteiger partial charge < -0.3 is 29.1 Å². The number of nitrogens with two attached hydrogens (primary N) is 1. The fraction of sp³-hybridized carbons (Fsp3) is 0.303. The van der Waals surface area contributed by atoms with Crippen LogP contribution >= 0.6 is 0 Å². The van der Waals surface area contributed by atoms with Crippen LogP contribution in [0.4, 0.5) is 5.69 Å². The van der Waals surface area contributed by atoms with E-state index < -0.39 is 35.3 Å². The van der Waals surface area contributed by atoms with Crippen molar-refractivity contribution in [3.63, 3.8) is 0 Å². The Morgan fingerprint density at radius 2 is 1.40 bits per heavy atom. The Hall–Kier alpha value is -3.93. The van der Waals surface area contributed by atoms with Gasteiger partial charge in [-0.15, -0.1) is 0 Å². The van der Waals surface area contributed by atoms with Gasteiger partial charge in [-0.05, 0) is 37.5 Å². The lowest BCUT2D eigenvalue weighted by atomic mass is 9.80. The molecule has 2 saturated heterocycles. The molecule has 1 aromatic heterocycles. The van der Waals surface area contributed by atoms with Gasteiger partial charge in [-0.1, -0.05) is 91.0 Å². The first-order valence-corrected chi connectivity index (χ1v) is 13.4. The van der Waals surface area contributed by atoms with Crippen molar-refractivity contribution in [2.45, 2.75) is 56.1 Å². The lowest BCUT2D eigenvalue weighted by Crippen LogP contribution is -2.42. The van der Waals surface area contributed by atoms with Gasteiger partial charge in [-0.25, -0.2) is 0 Å². The second kappa shape index (κ2) is 9.92. The molecule has 0 amide bonds. The molecule has 3 heterocycles. The molecule has 2 N–H and O–H groups in total. The molecule has 0 radical (unpaired) electrons. The van der Waals surface area contributed by atoms with Gasteiger partial charge in [0.2, 0.25) is 5.76 Å². The zero-order chi connectivity index (χ0) is 28.0. The van der Waals surface area contributed by atoms with E-state index in [-0.39, 0.29) is 18.1 Å². The predicted octanol–water partition coefficient (Wildman–Crippen LogP) is 6.09. The quantitative estimate of drug-likeness (QED) is 0.285. The van der Waals surface area contributed by atoms with Gasteiger partial charge in [-0.3, -0.25) is 0 Å². The van der Waals surface area contributed by atoms with Crippen LogP contribution < -0.4 is 5.73 Å². The van der Waals surface area contributed by atoms with Crippen LogP contribution in [0.2, 0.25) is 0 Å². The number of anilines is 1. The van der Waals surface area contributed by atoms with Crippen molar-refractivity contribution in [2.75, 3.05) is 12.3 Å². The first kappa shape index (κ1) is 26.3. The number of fused-ring (bicyclic) bond motifs is 1. The largest absolute Gasteiger partial charge is 0.451 e. The molecule has 2 aliphatic rings. The third-order valence-corrected chi connectivity index (χ3v) is 7.86. The van der Waals surface area contributed by atoms with Crippen molar-refractivity contribution in [3.8, 4) is 6.07 Å². The second-order valence-electron chi connectivity index (χ2n) is 10.9. The fourth-order valence-corrected chi connectivity index (χ4v) is 6.22. The van der Waals surface area contributed by atoms with E-state index in [1.807, 2.05) is 81.4 Å². The maximum Gasteiger partial charge on any atom is 0.226 e. The highest BCUT2D eigenvalue weighted by Crippen LogP contribution is 2.54. The van der Waals surface area contributed by atoms with Crippen molar-refractivity contribution in [3.05, 3.63) is 125 Å². The van der Waals surface area contributed by atoms with Crippen LogP contribution in [0, 0.1) is 11.3 Å². The Labute approximate surface area is 234 Å². The smallest absolute Gasteiger partial charge is 0.226 e. The Morgan fingerprint density at radius 1 is 0.875 bits per heavy atom. The SMILES string of the molecule is CC1(C)O[C@@H]2C(COC(c3ccccc3)(c3ccccc3)c3ccccc3)OC(c3coc(C#N)c3N)[C@]2(C)O1. The Kier molecular flexibility index (Phi) is 6.52. The Balaban J connectivity index is 1.42. The van der Waals surface area contributed by atoms with Gasteiger partial charge >= 0.3 is 0 Å². The van der Waals surface area contributed by atoms with Crippen LogP contribution in [0.15, 0.2) is 102 Å². The van der Waals surface area contributed by atoms with E-state index in [1.54, 1.807) is 0 Å². The molecular formula is C33H32N2O5. The summed E-state index contributed by atoms with van der Waals surface area (Å²) in [4.78, 5) is 0. The number of nitrogens with zero attached hydrogens (tertiary/aromatic N) is 1. The third-order valence-electron chi connectivity index (χ3n) is 7.86. The van der Waals surface area contributed by atoms with Crippen molar-refractivity contribution >= 4 is 5.69 Å². The number of hydrogen-bond donors (Lipinski definition) is 1. The summed E-state index contributed by atoms with van der Waals surface area (Å²) in [5.41, 5.74) is 8.27. The van der Waals surface area contributed by atoms with E-state index in [0.717, 1.165) is 16.7 Å². The first-order chi connectivity index (χ1) is 19.3. The van der Waals surface area contributed by atoms with E-state index in [2.05, 4.69) is 36.4 Å². The number of ether oxygens (including phenoxy) is 4. The van der Waals surface area contributed by atoms with Crippen molar-refractivity contribution in [1.82, 2.24) is 0 Å². The van der Waals surface area contributed by atoms with Crippen LogP contribution in [0.5, 0.6) is 0 Å². The maximum absolute atomic E-state index is 9.42. The van der Waals surface area contributed by atoms with E-state index in [9.17, 15) is 5.26 Å². The molecule has 204 valence electrons. The van der Waals surface area contributed by atoms with Crippen LogP contribution in [0.3, 0.4) is 0 Å². The fourth-order valence-electron chi connectivity index (χ4n) is 6.22. The molecule has 7 nitrogen and oxygen atoms in total. The molecule has 0 saturated carbocycles. The second-order valence-corrected chi connectivity index (χ2v) is 10.9. The van der Waals surface area contributed by atoms with Crippen LogP contribution in [-0.4, -0.2) is 30.2 Å². The summed E-state index contributed by atoms with van der Waals surface area (Å²) >= 11 is 0. The first-order valence-electron chi connectivity index (χ1n) is 13.4.